The van der Waals surface area contributed by atoms with Crippen LogP contribution in [0.25, 0.3) is 16.7 Å². The summed E-state index contributed by atoms with van der Waals surface area (Å²) in [4.78, 5) is 23.0. The van der Waals surface area contributed by atoms with Crippen molar-refractivity contribution in [1.29, 1.82) is 0 Å². The number of halogens is 3. The second kappa shape index (κ2) is 11.9. The number of aromatic nitrogens is 2. The molecule has 0 spiro atoms. The second-order valence-electron chi connectivity index (χ2n) is 10.3. The van der Waals surface area contributed by atoms with Crippen molar-refractivity contribution in [2.24, 2.45) is 0 Å². The van der Waals surface area contributed by atoms with Gasteiger partial charge in [0.15, 0.2) is 11.6 Å². The molecule has 0 aliphatic carbocycles. The minimum Gasteiger partial charge on any atom is -0.494 e. The maximum absolute atomic E-state index is 14.0. The summed E-state index contributed by atoms with van der Waals surface area (Å²) in [6.07, 6.45) is 4.82. The third kappa shape index (κ3) is 6.59. The predicted molar refractivity (Wildman–Crippen MR) is 154 cm³/mol. The molecule has 1 aromatic carbocycles. The quantitative estimate of drug-likeness (QED) is 0.300. The molecule has 4 rings (SSSR count). The average molecular weight is 589 g/mol. The molecule has 40 heavy (non-hydrogen) atoms. The van der Waals surface area contributed by atoms with Crippen LogP contribution in [0.3, 0.4) is 0 Å². The molecule has 0 saturated carbocycles. The van der Waals surface area contributed by atoms with E-state index in [2.05, 4.69) is 9.97 Å². The molecule has 2 aromatic heterocycles. The minimum absolute atomic E-state index is 0.113. The number of carbonyl (C=O) groups excluding carboxylic acids is 1. The summed E-state index contributed by atoms with van der Waals surface area (Å²) in [6.45, 7) is 8.14. The highest BCUT2D eigenvalue weighted by atomic mass is 35.5. The highest BCUT2D eigenvalue weighted by Crippen LogP contribution is 2.38. The molecule has 11 heteroatoms. The summed E-state index contributed by atoms with van der Waals surface area (Å²) in [6, 6.07) is 6.19. The van der Waals surface area contributed by atoms with Crippen LogP contribution in [-0.4, -0.2) is 46.8 Å². The molecule has 3 heterocycles. The number of hydrogen-bond acceptors (Lipinski definition) is 7. The Hall–Kier alpha value is -3.56. The van der Waals surface area contributed by atoms with Gasteiger partial charge in [-0.1, -0.05) is 29.3 Å². The van der Waals surface area contributed by atoms with Gasteiger partial charge in [-0.25, -0.2) is 14.2 Å². The van der Waals surface area contributed by atoms with Crippen molar-refractivity contribution >= 4 is 40.7 Å². The number of amides is 1. The monoisotopic (exact) mass is 588 g/mol. The van der Waals surface area contributed by atoms with Crippen molar-refractivity contribution in [3.63, 3.8) is 0 Å². The summed E-state index contributed by atoms with van der Waals surface area (Å²) in [5, 5.41) is 0.163. The van der Waals surface area contributed by atoms with E-state index in [0.29, 0.717) is 42.1 Å². The molecule has 1 amide bonds. The predicted octanol–water partition coefficient (Wildman–Crippen LogP) is 7.34. The van der Waals surface area contributed by atoms with E-state index < -0.39 is 17.5 Å². The molecule has 0 saturated heterocycles. The number of pyridine rings is 2. The number of methoxy groups -OCH3 is 1. The van der Waals surface area contributed by atoms with E-state index in [1.54, 1.807) is 37.4 Å². The summed E-state index contributed by atoms with van der Waals surface area (Å²) in [5.41, 5.74) is 8.91. The van der Waals surface area contributed by atoms with Crippen LogP contribution >= 0.6 is 23.2 Å². The maximum Gasteiger partial charge on any atom is 0.410 e. The molecule has 1 aliphatic rings. The third-order valence-corrected chi connectivity index (χ3v) is 6.96. The van der Waals surface area contributed by atoms with Crippen LogP contribution in [0.4, 0.5) is 15.0 Å². The molecule has 2 N–H and O–H groups in total. The van der Waals surface area contributed by atoms with Crippen LogP contribution in [0.15, 0.2) is 42.7 Å². The number of carbonyl (C=O) groups is 1. The van der Waals surface area contributed by atoms with E-state index in [-0.39, 0.29) is 27.7 Å². The normalized spacial score (nSPS) is 14.4. The van der Waals surface area contributed by atoms with E-state index in [4.69, 9.17) is 43.1 Å². The van der Waals surface area contributed by atoms with Gasteiger partial charge in [-0.15, -0.1) is 0 Å². The Balaban J connectivity index is 1.56. The summed E-state index contributed by atoms with van der Waals surface area (Å²) in [7, 11) is 1.57. The smallest absolute Gasteiger partial charge is 0.410 e. The topological polar surface area (TPSA) is 99.8 Å². The zero-order valence-electron chi connectivity index (χ0n) is 22.9. The second-order valence-corrected chi connectivity index (χ2v) is 11.1. The molecule has 1 atom stereocenters. The maximum atomic E-state index is 14.0. The lowest BCUT2D eigenvalue weighted by Crippen LogP contribution is -2.39. The first-order chi connectivity index (χ1) is 18.9. The van der Waals surface area contributed by atoms with Gasteiger partial charge in [-0.2, -0.15) is 0 Å². The molecule has 212 valence electrons. The van der Waals surface area contributed by atoms with Crippen molar-refractivity contribution < 1.29 is 23.4 Å². The standard InChI is InChI=1S/C29H31Cl2FN4O4/c1-16(24-20(30)6-7-21(32)25(24)31)39-23-13-19(15-35-27(23)33)18-12-22(38-5)26(34-14-18)17-8-10-36(11-9-17)28(37)40-29(2,3)4/h6-8,12-16H,9-11H2,1-5H3,(H2,33,35). The van der Waals surface area contributed by atoms with Crippen LogP contribution in [-0.2, 0) is 4.74 Å². The fourth-order valence-corrected chi connectivity index (χ4v) is 4.93. The molecular formula is C29H31Cl2FN4O4. The minimum atomic E-state index is -0.705. The number of anilines is 1. The van der Waals surface area contributed by atoms with Gasteiger partial charge in [0.1, 0.15) is 29.0 Å². The Kier molecular flexibility index (Phi) is 8.75. The zero-order valence-corrected chi connectivity index (χ0v) is 24.4. The lowest BCUT2D eigenvalue weighted by molar-refractivity contribution is 0.0270. The van der Waals surface area contributed by atoms with Crippen molar-refractivity contribution in [2.45, 2.75) is 45.8 Å². The van der Waals surface area contributed by atoms with Gasteiger partial charge in [0.2, 0.25) is 0 Å². The van der Waals surface area contributed by atoms with Gasteiger partial charge in [-0.3, -0.25) is 4.98 Å². The number of nitrogens with two attached hydrogens (primary N) is 1. The number of nitrogen functional groups attached to an aromatic ring is 1. The summed E-state index contributed by atoms with van der Waals surface area (Å²) in [5.74, 6) is 0.403. The highest BCUT2D eigenvalue weighted by Gasteiger charge is 2.25. The Morgan fingerprint density at radius 3 is 2.42 bits per heavy atom. The van der Waals surface area contributed by atoms with Gasteiger partial charge in [0, 0.05) is 47.2 Å². The van der Waals surface area contributed by atoms with Crippen LogP contribution in [0, 0.1) is 5.82 Å². The molecule has 1 unspecified atom stereocenters. The average Bonchev–Trinajstić information content (AvgIpc) is 2.91. The largest absolute Gasteiger partial charge is 0.494 e. The Bertz CT molecular complexity index is 1460. The highest BCUT2D eigenvalue weighted by molar-refractivity contribution is 6.36. The molecule has 0 fully saturated rings. The number of benzene rings is 1. The van der Waals surface area contributed by atoms with E-state index in [1.807, 2.05) is 32.9 Å². The number of rotatable bonds is 6. The van der Waals surface area contributed by atoms with Gasteiger partial charge in [0.25, 0.3) is 0 Å². The van der Waals surface area contributed by atoms with Crippen molar-refractivity contribution in [3.8, 4) is 22.6 Å². The first-order valence-electron chi connectivity index (χ1n) is 12.6. The van der Waals surface area contributed by atoms with Crippen LogP contribution in [0.2, 0.25) is 10.0 Å². The van der Waals surface area contributed by atoms with E-state index in [1.165, 1.54) is 12.1 Å². The lowest BCUT2D eigenvalue weighted by Gasteiger charge is -2.29. The number of hydrogen-bond donors (Lipinski definition) is 1. The molecule has 3 aromatic rings. The summed E-state index contributed by atoms with van der Waals surface area (Å²) < 4.78 is 31.2. The van der Waals surface area contributed by atoms with Gasteiger partial charge >= 0.3 is 6.09 Å². The zero-order chi connectivity index (χ0) is 29.2. The molecule has 8 nitrogen and oxygen atoms in total. The van der Waals surface area contributed by atoms with Gasteiger partial charge in [-0.05, 0) is 64.0 Å². The first kappa shape index (κ1) is 29.4. The number of nitrogens with zero attached hydrogens (tertiary/aromatic N) is 3. The Morgan fingerprint density at radius 1 is 1.12 bits per heavy atom. The van der Waals surface area contributed by atoms with Gasteiger partial charge < -0.3 is 24.8 Å². The van der Waals surface area contributed by atoms with Crippen molar-refractivity contribution in [3.05, 3.63) is 69.9 Å². The summed E-state index contributed by atoms with van der Waals surface area (Å²) >= 11 is 12.4. The third-order valence-electron chi connectivity index (χ3n) is 6.24. The van der Waals surface area contributed by atoms with Crippen molar-refractivity contribution in [2.75, 3.05) is 25.9 Å². The fourth-order valence-electron chi connectivity index (χ4n) is 4.25. The first-order valence-corrected chi connectivity index (χ1v) is 13.4. The molecule has 0 bridgehead atoms. The van der Waals surface area contributed by atoms with E-state index >= 15 is 0 Å². The van der Waals surface area contributed by atoms with Gasteiger partial charge in [0.05, 0.1) is 12.1 Å². The molecular weight excluding hydrogens is 558 g/mol. The number of ether oxygens (including phenoxy) is 3. The lowest BCUT2D eigenvalue weighted by atomic mass is 10.0. The van der Waals surface area contributed by atoms with Crippen LogP contribution in [0.5, 0.6) is 11.5 Å². The molecule has 1 aliphatic heterocycles. The Labute approximate surface area is 242 Å². The Morgan fingerprint density at radius 2 is 1.80 bits per heavy atom. The molecule has 0 radical (unpaired) electrons. The van der Waals surface area contributed by atoms with Crippen LogP contribution in [0.1, 0.15) is 51.5 Å². The van der Waals surface area contributed by atoms with E-state index in [9.17, 15) is 9.18 Å². The fraction of sp³-hybridized carbons (Fsp3) is 0.345. The van der Waals surface area contributed by atoms with Crippen LogP contribution < -0.4 is 15.2 Å². The van der Waals surface area contributed by atoms with E-state index in [0.717, 1.165) is 11.1 Å². The SMILES string of the molecule is COc1cc(-c2cnc(N)c(OC(C)c3c(Cl)ccc(F)c3Cl)c2)cnc1C1=CCN(C(=O)OC(C)(C)C)CC1. The van der Waals surface area contributed by atoms with Crippen molar-refractivity contribution in [1.82, 2.24) is 14.9 Å².